The zero-order valence-electron chi connectivity index (χ0n) is 31.3. The summed E-state index contributed by atoms with van der Waals surface area (Å²) in [5.74, 6) is 1.03. The molecule has 2 aliphatic heterocycles. The van der Waals surface area contributed by atoms with Gasteiger partial charge in [-0.3, -0.25) is 14.3 Å². The standard InChI is InChI=1S/C38H51N7O5S/c1-24-21-28(50-9)22-25(2)33(24)51(48,49)42(8)27(4)34-39-30-12-10-11-29(32(30)40-34)35(46)43-17-13-38(14-18-43)15-19-44(20-16-38)36(47)31-23-26(3)41-45(31)37(5,6)7/h10-12,21-23,27H,13-20H2,1-9H3,(H,39,40). The molecule has 0 radical (unpaired) electrons. The molecule has 2 fully saturated rings. The summed E-state index contributed by atoms with van der Waals surface area (Å²) in [4.78, 5) is 39.7. The van der Waals surface area contributed by atoms with E-state index in [1.807, 2.05) is 39.6 Å². The summed E-state index contributed by atoms with van der Waals surface area (Å²) in [7, 11) is -0.774. The van der Waals surface area contributed by atoms with E-state index >= 15 is 0 Å². The number of ether oxygens (including phenoxy) is 1. The van der Waals surface area contributed by atoms with Crippen molar-refractivity contribution in [1.29, 1.82) is 0 Å². The molecule has 2 amide bonds. The fraction of sp³-hybridized carbons (Fsp3) is 0.526. The molecule has 0 saturated carbocycles. The monoisotopic (exact) mass is 717 g/mol. The molecule has 2 saturated heterocycles. The number of piperidine rings is 2. The number of nitrogens with zero attached hydrogens (tertiary/aromatic N) is 6. The highest BCUT2D eigenvalue weighted by Crippen LogP contribution is 2.42. The first-order valence-electron chi connectivity index (χ1n) is 17.7. The van der Waals surface area contributed by atoms with Crippen molar-refractivity contribution in [3.8, 4) is 5.75 Å². The number of para-hydroxylation sites is 1. The number of imidazole rings is 1. The second kappa shape index (κ2) is 13.4. The van der Waals surface area contributed by atoms with Crippen molar-refractivity contribution >= 4 is 32.9 Å². The maximum absolute atomic E-state index is 14.0. The van der Waals surface area contributed by atoms with Gasteiger partial charge in [0.15, 0.2) is 0 Å². The topological polar surface area (TPSA) is 134 Å². The van der Waals surface area contributed by atoms with Gasteiger partial charge in [0.05, 0.1) is 45.9 Å². The zero-order chi connectivity index (χ0) is 37.0. The molecule has 4 aromatic rings. The highest BCUT2D eigenvalue weighted by atomic mass is 32.2. The number of nitrogens with one attached hydrogen (secondary N) is 1. The Labute approximate surface area is 301 Å². The fourth-order valence-corrected chi connectivity index (χ4v) is 9.49. The van der Waals surface area contributed by atoms with Crippen LogP contribution in [0.25, 0.3) is 11.0 Å². The number of rotatable bonds is 7. The van der Waals surface area contributed by atoms with Gasteiger partial charge in [0.25, 0.3) is 11.8 Å². The molecule has 2 aliphatic rings. The van der Waals surface area contributed by atoms with Crippen molar-refractivity contribution in [2.75, 3.05) is 40.3 Å². The molecule has 51 heavy (non-hydrogen) atoms. The van der Waals surface area contributed by atoms with E-state index in [1.54, 1.807) is 53.1 Å². The Kier molecular flexibility index (Phi) is 9.60. The van der Waals surface area contributed by atoms with Crippen molar-refractivity contribution in [2.45, 2.75) is 90.6 Å². The van der Waals surface area contributed by atoms with E-state index in [9.17, 15) is 18.0 Å². The van der Waals surface area contributed by atoms with E-state index in [0.717, 1.165) is 31.4 Å². The largest absolute Gasteiger partial charge is 0.497 e. The second-order valence-corrected chi connectivity index (χ2v) is 17.4. The highest BCUT2D eigenvalue weighted by Gasteiger charge is 2.41. The maximum Gasteiger partial charge on any atom is 0.272 e. The highest BCUT2D eigenvalue weighted by molar-refractivity contribution is 7.89. The Bertz CT molecular complexity index is 2050. The summed E-state index contributed by atoms with van der Waals surface area (Å²) in [6, 6.07) is 10.2. The number of aryl methyl sites for hydroxylation is 3. The number of methoxy groups -OCH3 is 1. The van der Waals surface area contributed by atoms with Crippen molar-refractivity contribution in [2.24, 2.45) is 5.41 Å². The number of amides is 2. The number of H-pyrrole nitrogens is 1. The first-order valence-corrected chi connectivity index (χ1v) is 19.2. The predicted molar refractivity (Wildman–Crippen MR) is 197 cm³/mol. The van der Waals surface area contributed by atoms with Gasteiger partial charge in [-0.25, -0.2) is 13.4 Å². The van der Waals surface area contributed by atoms with Crippen LogP contribution in [-0.2, 0) is 15.6 Å². The van der Waals surface area contributed by atoms with E-state index in [2.05, 4.69) is 30.9 Å². The number of carbonyl (C=O) groups excluding carboxylic acids is 2. The summed E-state index contributed by atoms with van der Waals surface area (Å²) < 4.78 is 36.2. The number of sulfonamides is 1. The molecule has 274 valence electrons. The van der Waals surface area contributed by atoms with Gasteiger partial charge in [0.2, 0.25) is 10.0 Å². The Balaban J connectivity index is 1.13. The quantitative estimate of drug-likeness (QED) is 0.248. The third-order valence-electron chi connectivity index (χ3n) is 10.9. The van der Waals surface area contributed by atoms with Gasteiger partial charge in [0.1, 0.15) is 17.3 Å². The minimum Gasteiger partial charge on any atom is -0.497 e. The van der Waals surface area contributed by atoms with Crippen LogP contribution in [0.1, 0.15) is 103 Å². The molecule has 0 aliphatic carbocycles. The Morgan fingerprint density at radius 1 is 0.941 bits per heavy atom. The molecule has 1 unspecified atom stereocenters. The van der Waals surface area contributed by atoms with Gasteiger partial charge in [-0.05, 0) is 121 Å². The normalized spacial score (nSPS) is 17.4. The molecule has 2 aromatic heterocycles. The smallest absolute Gasteiger partial charge is 0.272 e. The molecule has 1 N–H and O–H groups in total. The van der Waals surface area contributed by atoms with Crippen LogP contribution < -0.4 is 4.74 Å². The Morgan fingerprint density at radius 3 is 2.06 bits per heavy atom. The minimum atomic E-state index is -3.88. The summed E-state index contributed by atoms with van der Waals surface area (Å²) >= 11 is 0. The summed E-state index contributed by atoms with van der Waals surface area (Å²) in [5, 5.41) is 4.59. The van der Waals surface area contributed by atoms with Crippen molar-refractivity contribution in [3.05, 3.63) is 70.3 Å². The fourth-order valence-electron chi connectivity index (χ4n) is 7.75. The van der Waals surface area contributed by atoms with E-state index in [0.29, 0.717) is 71.2 Å². The van der Waals surface area contributed by atoms with Crippen LogP contribution >= 0.6 is 0 Å². The lowest BCUT2D eigenvalue weighted by Gasteiger charge is -2.47. The second-order valence-electron chi connectivity index (χ2n) is 15.4. The van der Waals surface area contributed by atoms with E-state index in [-0.39, 0.29) is 27.7 Å². The molecule has 1 spiro atoms. The molecule has 6 rings (SSSR count). The molecule has 0 bridgehead atoms. The molecule has 1 atom stereocenters. The minimum absolute atomic E-state index is 0.0316. The Morgan fingerprint density at radius 2 is 1.51 bits per heavy atom. The van der Waals surface area contributed by atoms with Crippen LogP contribution in [-0.4, -0.2) is 94.4 Å². The summed E-state index contributed by atoms with van der Waals surface area (Å²) in [6.07, 6.45) is 3.58. The lowest BCUT2D eigenvalue weighted by molar-refractivity contribution is 0.0274. The third kappa shape index (κ3) is 6.77. The van der Waals surface area contributed by atoms with Gasteiger partial charge in [-0.15, -0.1) is 0 Å². The number of hydrogen-bond donors (Lipinski definition) is 1. The van der Waals surface area contributed by atoms with E-state index in [4.69, 9.17) is 9.72 Å². The van der Waals surface area contributed by atoms with E-state index < -0.39 is 16.1 Å². The van der Waals surface area contributed by atoms with Gasteiger partial charge in [-0.2, -0.15) is 9.40 Å². The number of aromatic nitrogens is 4. The average molecular weight is 718 g/mol. The van der Waals surface area contributed by atoms with Gasteiger partial charge < -0.3 is 19.5 Å². The zero-order valence-corrected chi connectivity index (χ0v) is 32.1. The number of aromatic amines is 1. The number of carbonyl (C=O) groups is 2. The first-order chi connectivity index (χ1) is 24.0. The van der Waals surface area contributed by atoms with Crippen molar-refractivity contribution in [1.82, 2.24) is 33.9 Å². The number of fused-ring (bicyclic) bond motifs is 1. The van der Waals surface area contributed by atoms with Crippen LogP contribution in [0.4, 0.5) is 0 Å². The molecule has 12 nitrogen and oxygen atoms in total. The van der Waals surface area contributed by atoms with Gasteiger partial charge in [0, 0.05) is 33.2 Å². The Hall–Kier alpha value is -4.23. The number of likely N-dealkylation sites (tertiary alicyclic amines) is 2. The SMILES string of the molecule is COc1cc(C)c(S(=O)(=O)N(C)C(C)c2nc3cccc(C(=O)N4CCC5(CC4)CCN(C(=O)c4cc(C)nn4C(C)(C)C)CC5)c3[nH]2)c(C)c1. The average Bonchev–Trinajstić information content (AvgIpc) is 3.71. The van der Waals surface area contributed by atoms with Crippen LogP contribution in [0.3, 0.4) is 0 Å². The van der Waals surface area contributed by atoms with E-state index in [1.165, 1.54) is 4.31 Å². The molecular formula is C38H51N7O5S. The summed E-state index contributed by atoms with van der Waals surface area (Å²) in [5.41, 5.74) is 4.23. The molecule has 13 heteroatoms. The number of hydrogen-bond acceptors (Lipinski definition) is 7. The molecule has 4 heterocycles. The maximum atomic E-state index is 14.0. The van der Waals surface area contributed by atoms with Gasteiger partial charge in [-0.1, -0.05) is 6.07 Å². The lowest BCUT2D eigenvalue weighted by atomic mass is 9.71. The van der Waals surface area contributed by atoms with Gasteiger partial charge >= 0.3 is 0 Å². The third-order valence-corrected chi connectivity index (χ3v) is 13.2. The van der Waals surface area contributed by atoms with Crippen LogP contribution in [0.15, 0.2) is 41.3 Å². The summed E-state index contributed by atoms with van der Waals surface area (Å²) in [6.45, 7) is 16.1. The van der Waals surface area contributed by atoms with Crippen LogP contribution in [0, 0.1) is 26.2 Å². The first kappa shape index (κ1) is 36.6. The molecule has 2 aromatic carbocycles. The lowest BCUT2D eigenvalue weighted by Crippen LogP contribution is -2.49. The predicted octanol–water partition coefficient (Wildman–Crippen LogP) is 5.99. The molecular weight excluding hydrogens is 667 g/mol. The van der Waals surface area contributed by atoms with Crippen molar-refractivity contribution < 1.29 is 22.7 Å². The van der Waals surface area contributed by atoms with Crippen LogP contribution in [0.5, 0.6) is 5.75 Å². The van der Waals surface area contributed by atoms with Crippen LogP contribution in [0.2, 0.25) is 0 Å². The van der Waals surface area contributed by atoms with Crippen molar-refractivity contribution in [3.63, 3.8) is 0 Å². The number of benzene rings is 2.